The van der Waals surface area contributed by atoms with Gasteiger partial charge in [0.15, 0.2) is 5.82 Å². The maximum Gasteiger partial charge on any atom is 0.162 e. The molecule has 0 saturated heterocycles. The summed E-state index contributed by atoms with van der Waals surface area (Å²) in [5.41, 5.74) is 1.96. The maximum atomic E-state index is 4.77. The number of hydrogen-bond acceptors (Lipinski definition) is 4. The van der Waals surface area contributed by atoms with E-state index in [1.165, 1.54) is 12.8 Å². The minimum Gasteiger partial charge on any atom is -0.367 e. The molecule has 1 unspecified atom stereocenters. The zero-order valence-corrected chi connectivity index (χ0v) is 12.5. The van der Waals surface area contributed by atoms with Crippen molar-refractivity contribution >= 4 is 16.7 Å². The molecule has 1 N–H and O–H groups in total. The summed E-state index contributed by atoms with van der Waals surface area (Å²) in [6.07, 6.45) is 6.17. The van der Waals surface area contributed by atoms with Gasteiger partial charge in [-0.2, -0.15) is 0 Å². The van der Waals surface area contributed by atoms with Gasteiger partial charge in [0.05, 0.1) is 5.52 Å². The normalized spacial score (nSPS) is 15.7. The Morgan fingerprint density at radius 2 is 1.82 bits per heavy atom. The molecule has 1 saturated carbocycles. The Bertz CT molecular complexity index is 797. The molecule has 110 valence electrons. The van der Waals surface area contributed by atoms with Crippen molar-refractivity contribution in [3.05, 3.63) is 48.8 Å². The van der Waals surface area contributed by atoms with Crippen molar-refractivity contribution in [2.75, 3.05) is 5.32 Å². The fraction of sp³-hybridized carbons (Fsp3) is 0.278. The molecule has 1 aliphatic rings. The van der Waals surface area contributed by atoms with Crippen LogP contribution in [0.25, 0.3) is 22.3 Å². The van der Waals surface area contributed by atoms with Gasteiger partial charge in [-0.25, -0.2) is 9.97 Å². The Balaban J connectivity index is 1.82. The third-order valence-corrected chi connectivity index (χ3v) is 4.24. The average Bonchev–Trinajstić information content (AvgIpc) is 3.40. The lowest BCUT2D eigenvalue weighted by molar-refractivity contribution is 0.691. The number of benzene rings is 1. The Morgan fingerprint density at radius 3 is 2.59 bits per heavy atom. The number of rotatable bonds is 4. The summed E-state index contributed by atoms with van der Waals surface area (Å²) in [4.78, 5) is 13.5. The van der Waals surface area contributed by atoms with Crippen molar-refractivity contribution in [1.82, 2.24) is 15.0 Å². The number of aromatic nitrogens is 3. The molecule has 2 heterocycles. The first-order valence-corrected chi connectivity index (χ1v) is 7.75. The van der Waals surface area contributed by atoms with Crippen LogP contribution in [0.2, 0.25) is 0 Å². The quantitative estimate of drug-likeness (QED) is 0.791. The van der Waals surface area contributed by atoms with E-state index in [2.05, 4.69) is 23.3 Å². The van der Waals surface area contributed by atoms with Gasteiger partial charge in [0, 0.05) is 29.4 Å². The molecule has 0 aliphatic heterocycles. The van der Waals surface area contributed by atoms with Gasteiger partial charge in [0.1, 0.15) is 5.82 Å². The number of nitrogens with zero attached hydrogens (tertiary/aromatic N) is 3. The summed E-state index contributed by atoms with van der Waals surface area (Å²) >= 11 is 0. The molecule has 1 aromatic carbocycles. The average molecular weight is 290 g/mol. The highest BCUT2D eigenvalue weighted by Crippen LogP contribution is 2.35. The molecule has 22 heavy (non-hydrogen) atoms. The molecule has 2 aromatic heterocycles. The lowest BCUT2D eigenvalue weighted by atomic mass is 10.1. The van der Waals surface area contributed by atoms with Crippen LogP contribution in [0.5, 0.6) is 0 Å². The fourth-order valence-corrected chi connectivity index (χ4v) is 2.75. The maximum absolute atomic E-state index is 4.77. The highest BCUT2D eigenvalue weighted by Gasteiger charge is 2.28. The summed E-state index contributed by atoms with van der Waals surface area (Å²) in [5, 5.41) is 4.67. The first-order valence-electron chi connectivity index (χ1n) is 7.75. The van der Waals surface area contributed by atoms with E-state index in [9.17, 15) is 0 Å². The number of nitrogens with one attached hydrogen (secondary N) is 1. The van der Waals surface area contributed by atoms with E-state index in [-0.39, 0.29) is 0 Å². The standard InChI is InChI=1S/C18H18N4/c1-12(13-6-7-13)20-18-15-4-2-3-5-16(15)21-17(22-18)14-8-10-19-11-9-14/h2-5,8-13H,6-7H2,1H3,(H,20,21,22). The second-order valence-electron chi connectivity index (χ2n) is 5.92. The van der Waals surface area contributed by atoms with Gasteiger partial charge in [0.2, 0.25) is 0 Å². The van der Waals surface area contributed by atoms with Gasteiger partial charge >= 0.3 is 0 Å². The summed E-state index contributed by atoms with van der Waals surface area (Å²) in [5.74, 6) is 2.45. The number of hydrogen-bond donors (Lipinski definition) is 1. The molecular weight excluding hydrogens is 272 g/mol. The van der Waals surface area contributed by atoms with E-state index in [1.807, 2.05) is 30.3 Å². The number of pyridine rings is 1. The number of fused-ring (bicyclic) bond motifs is 1. The molecule has 0 spiro atoms. The topological polar surface area (TPSA) is 50.7 Å². The van der Waals surface area contributed by atoms with Gasteiger partial charge in [0.25, 0.3) is 0 Å². The van der Waals surface area contributed by atoms with Crippen LogP contribution in [-0.2, 0) is 0 Å². The fourth-order valence-electron chi connectivity index (χ4n) is 2.75. The Morgan fingerprint density at radius 1 is 1.05 bits per heavy atom. The molecule has 0 amide bonds. The molecule has 3 aromatic rings. The summed E-state index contributed by atoms with van der Waals surface area (Å²) < 4.78 is 0. The van der Waals surface area contributed by atoms with Crippen LogP contribution < -0.4 is 5.32 Å². The van der Waals surface area contributed by atoms with Crippen LogP contribution in [0.15, 0.2) is 48.8 Å². The van der Waals surface area contributed by atoms with Crippen LogP contribution in [0.4, 0.5) is 5.82 Å². The molecule has 0 bridgehead atoms. The SMILES string of the molecule is CC(Nc1nc(-c2ccncc2)nc2ccccc12)C1CC1. The van der Waals surface area contributed by atoms with Crippen molar-refractivity contribution in [3.63, 3.8) is 0 Å². The molecule has 0 radical (unpaired) electrons. The zero-order valence-electron chi connectivity index (χ0n) is 12.5. The minimum absolute atomic E-state index is 0.448. The van der Waals surface area contributed by atoms with E-state index in [0.717, 1.165) is 34.0 Å². The zero-order chi connectivity index (χ0) is 14.9. The highest BCUT2D eigenvalue weighted by molar-refractivity contribution is 5.90. The van der Waals surface area contributed by atoms with Crippen LogP contribution in [0, 0.1) is 5.92 Å². The van der Waals surface area contributed by atoms with Gasteiger partial charge in [-0.15, -0.1) is 0 Å². The Kier molecular flexibility index (Phi) is 3.22. The van der Waals surface area contributed by atoms with Gasteiger partial charge in [-0.1, -0.05) is 12.1 Å². The van der Waals surface area contributed by atoms with E-state index in [0.29, 0.717) is 6.04 Å². The van der Waals surface area contributed by atoms with Gasteiger partial charge in [-0.05, 0) is 49.9 Å². The summed E-state index contributed by atoms with van der Waals surface area (Å²) in [6.45, 7) is 2.24. The molecule has 1 fully saturated rings. The first-order chi connectivity index (χ1) is 10.8. The van der Waals surface area contributed by atoms with E-state index in [4.69, 9.17) is 9.97 Å². The third kappa shape index (κ3) is 2.52. The lowest BCUT2D eigenvalue weighted by Crippen LogP contribution is -2.18. The summed E-state index contributed by atoms with van der Waals surface area (Å²) in [6, 6.07) is 12.5. The van der Waals surface area contributed by atoms with Crippen LogP contribution in [0.3, 0.4) is 0 Å². The van der Waals surface area contributed by atoms with E-state index in [1.54, 1.807) is 12.4 Å². The first kappa shape index (κ1) is 13.2. The minimum atomic E-state index is 0.448. The van der Waals surface area contributed by atoms with Crippen molar-refractivity contribution in [1.29, 1.82) is 0 Å². The predicted octanol–water partition coefficient (Wildman–Crippen LogP) is 3.90. The molecule has 1 atom stereocenters. The molecule has 4 heteroatoms. The second kappa shape index (κ2) is 5.37. The van der Waals surface area contributed by atoms with Gasteiger partial charge < -0.3 is 5.32 Å². The van der Waals surface area contributed by atoms with E-state index >= 15 is 0 Å². The summed E-state index contributed by atoms with van der Waals surface area (Å²) in [7, 11) is 0. The number of para-hydroxylation sites is 1. The Hall–Kier alpha value is -2.49. The van der Waals surface area contributed by atoms with Crippen molar-refractivity contribution in [2.24, 2.45) is 5.92 Å². The van der Waals surface area contributed by atoms with Gasteiger partial charge in [-0.3, -0.25) is 4.98 Å². The van der Waals surface area contributed by atoms with Crippen LogP contribution in [0.1, 0.15) is 19.8 Å². The Labute approximate surface area is 129 Å². The third-order valence-electron chi connectivity index (χ3n) is 4.24. The monoisotopic (exact) mass is 290 g/mol. The van der Waals surface area contributed by atoms with E-state index < -0.39 is 0 Å². The molecular formula is C18H18N4. The number of anilines is 1. The second-order valence-corrected chi connectivity index (χ2v) is 5.92. The van der Waals surface area contributed by atoms with Crippen LogP contribution >= 0.6 is 0 Å². The molecule has 1 aliphatic carbocycles. The van der Waals surface area contributed by atoms with Crippen LogP contribution in [-0.4, -0.2) is 21.0 Å². The largest absolute Gasteiger partial charge is 0.367 e. The van der Waals surface area contributed by atoms with Crippen molar-refractivity contribution in [2.45, 2.75) is 25.8 Å². The highest BCUT2D eigenvalue weighted by atomic mass is 15.1. The predicted molar refractivity (Wildman–Crippen MR) is 88.6 cm³/mol. The molecule has 4 nitrogen and oxygen atoms in total. The van der Waals surface area contributed by atoms with Crippen molar-refractivity contribution < 1.29 is 0 Å². The van der Waals surface area contributed by atoms with Crippen molar-refractivity contribution in [3.8, 4) is 11.4 Å². The lowest BCUT2D eigenvalue weighted by Gasteiger charge is -2.16. The smallest absolute Gasteiger partial charge is 0.162 e. The molecule has 4 rings (SSSR count).